The lowest BCUT2D eigenvalue weighted by Gasteiger charge is -2.22. The number of rotatable bonds is 4. The fourth-order valence-electron chi connectivity index (χ4n) is 4.78. The van der Waals surface area contributed by atoms with Gasteiger partial charge in [-0.3, -0.25) is 9.69 Å². The lowest BCUT2D eigenvalue weighted by Crippen LogP contribution is -2.36. The number of hydrogen-bond donors (Lipinski definition) is 0. The van der Waals surface area contributed by atoms with E-state index in [9.17, 15) is 4.79 Å². The molecule has 2 aromatic carbocycles. The summed E-state index contributed by atoms with van der Waals surface area (Å²) in [7, 11) is 0. The van der Waals surface area contributed by atoms with E-state index < -0.39 is 0 Å². The van der Waals surface area contributed by atoms with Crippen LogP contribution in [0.1, 0.15) is 35.1 Å². The Balaban J connectivity index is 1.24. The minimum absolute atomic E-state index is 0.217. The van der Waals surface area contributed by atoms with Crippen molar-refractivity contribution in [2.75, 3.05) is 26.2 Å². The highest BCUT2D eigenvalue weighted by atomic mass is 16.3. The first kappa shape index (κ1) is 18.4. The number of furan rings is 1. The van der Waals surface area contributed by atoms with Crippen molar-refractivity contribution in [2.45, 2.75) is 38.6 Å². The Morgan fingerprint density at radius 2 is 1.76 bits per heavy atom. The summed E-state index contributed by atoms with van der Waals surface area (Å²) >= 11 is 0. The first-order chi connectivity index (χ1) is 14.3. The van der Waals surface area contributed by atoms with Gasteiger partial charge >= 0.3 is 0 Å². The van der Waals surface area contributed by atoms with Crippen molar-refractivity contribution in [2.24, 2.45) is 0 Å². The van der Waals surface area contributed by atoms with Crippen LogP contribution in [-0.4, -0.2) is 41.9 Å². The van der Waals surface area contributed by atoms with Crippen molar-refractivity contribution < 1.29 is 9.21 Å². The number of benzene rings is 2. The van der Waals surface area contributed by atoms with Gasteiger partial charge in [-0.05, 0) is 54.5 Å². The molecule has 1 aromatic heterocycles. The highest BCUT2D eigenvalue weighted by Crippen LogP contribution is 2.30. The average molecular weight is 389 g/mol. The summed E-state index contributed by atoms with van der Waals surface area (Å²) in [6.07, 6.45) is 6.77. The van der Waals surface area contributed by atoms with Gasteiger partial charge < -0.3 is 9.32 Å². The maximum absolute atomic E-state index is 13.0. The molecular weight excluding hydrogens is 360 g/mol. The molecule has 150 valence electrons. The fourth-order valence-corrected chi connectivity index (χ4v) is 4.78. The summed E-state index contributed by atoms with van der Waals surface area (Å²) in [5.41, 5.74) is 6.14. The van der Waals surface area contributed by atoms with E-state index in [0.29, 0.717) is 6.42 Å². The van der Waals surface area contributed by atoms with Gasteiger partial charge in [0, 0.05) is 43.7 Å². The minimum atomic E-state index is 0.217. The third-order valence-electron chi connectivity index (χ3n) is 6.40. The van der Waals surface area contributed by atoms with Crippen LogP contribution in [0.4, 0.5) is 0 Å². The van der Waals surface area contributed by atoms with Gasteiger partial charge in [0.25, 0.3) is 0 Å². The van der Waals surface area contributed by atoms with Crippen molar-refractivity contribution in [3.8, 4) is 0 Å². The summed E-state index contributed by atoms with van der Waals surface area (Å²) in [5, 5.41) is 1.12. The smallest absolute Gasteiger partial charge is 0.227 e. The van der Waals surface area contributed by atoms with Gasteiger partial charge in [-0.25, -0.2) is 0 Å². The Hall–Kier alpha value is -2.59. The van der Waals surface area contributed by atoms with Gasteiger partial charge in [-0.1, -0.05) is 30.3 Å². The van der Waals surface area contributed by atoms with E-state index in [1.54, 1.807) is 6.26 Å². The van der Waals surface area contributed by atoms with Crippen LogP contribution in [0.2, 0.25) is 0 Å². The third-order valence-corrected chi connectivity index (χ3v) is 6.40. The quantitative estimate of drug-likeness (QED) is 0.672. The molecule has 3 aromatic rings. The second-order valence-electron chi connectivity index (χ2n) is 8.40. The van der Waals surface area contributed by atoms with Crippen LogP contribution in [0.3, 0.4) is 0 Å². The molecule has 1 saturated heterocycles. The van der Waals surface area contributed by atoms with Gasteiger partial charge in [0.05, 0.1) is 12.7 Å². The van der Waals surface area contributed by atoms with E-state index in [2.05, 4.69) is 47.4 Å². The summed E-state index contributed by atoms with van der Waals surface area (Å²) in [5.74, 6) is 0.217. The lowest BCUT2D eigenvalue weighted by atomic mass is 10.0. The molecule has 4 nitrogen and oxygen atoms in total. The number of aryl methyl sites for hydroxylation is 2. The molecule has 0 N–H and O–H groups in total. The van der Waals surface area contributed by atoms with Crippen LogP contribution in [-0.2, 0) is 30.6 Å². The number of carbonyl (C=O) groups is 1. The maximum Gasteiger partial charge on any atom is 0.227 e. The van der Waals surface area contributed by atoms with E-state index in [1.165, 1.54) is 23.1 Å². The summed E-state index contributed by atoms with van der Waals surface area (Å²) in [4.78, 5) is 17.5. The normalized spacial score (nSPS) is 17.4. The zero-order valence-corrected chi connectivity index (χ0v) is 16.9. The van der Waals surface area contributed by atoms with Crippen molar-refractivity contribution in [3.05, 3.63) is 71.0 Å². The Morgan fingerprint density at radius 1 is 0.931 bits per heavy atom. The molecule has 0 spiro atoms. The van der Waals surface area contributed by atoms with Gasteiger partial charge in [0.15, 0.2) is 0 Å². The molecule has 1 aliphatic heterocycles. The van der Waals surface area contributed by atoms with Crippen molar-refractivity contribution >= 4 is 16.9 Å². The van der Waals surface area contributed by atoms with Gasteiger partial charge in [-0.15, -0.1) is 0 Å². The largest absolute Gasteiger partial charge is 0.464 e. The number of fused-ring (bicyclic) bond motifs is 2. The van der Waals surface area contributed by atoms with Gasteiger partial charge in [0.2, 0.25) is 5.91 Å². The molecule has 0 saturated carbocycles. The number of hydrogen-bond acceptors (Lipinski definition) is 3. The summed E-state index contributed by atoms with van der Waals surface area (Å²) in [6, 6.07) is 15.0. The molecule has 0 radical (unpaired) electrons. The second-order valence-corrected chi connectivity index (χ2v) is 8.40. The van der Waals surface area contributed by atoms with Crippen molar-refractivity contribution in [1.82, 2.24) is 9.80 Å². The Labute approximate surface area is 172 Å². The van der Waals surface area contributed by atoms with Gasteiger partial charge in [0.1, 0.15) is 5.58 Å². The Kier molecular flexibility index (Phi) is 5.11. The molecule has 5 rings (SSSR count). The van der Waals surface area contributed by atoms with Gasteiger partial charge in [-0.2, -0.15) is 0 Å². The fraction of sp³-hybridized carbons (Fsp3) is 0.400. The predicted molar refractivity (Wildman–Crippen MR) is 115 cm³/mol. The first-order valence-electron chi connectivity index (χ1n) is 10.8. The van der Waals surface area contributed by atoms with Crippen LogP contribution >= 0.6 is 0 Å². The van der Waals surface area contributed by atoms with E-state index in [0.717, 1.165) is 68.5 Å². The van der Waals surface area contributed by atoms with Crippen LogP contribution in [0.15, 0.2) is 53.1 Å². The first-order valence-corrected chi connectivity index (χ1v) is 10.8. The number of amides is 1. The lowest BCUT2D eigenvalue weighted by molar-refractivity contribution is -0.130. The van der Waals surface area contributed by atoms with Crippen molar-refractivity contribution in [1.29, 1.82) is 0 Å². The standard InChI is InChI=1S/C25H28N2O2/c28-25(16-22-18-29-24-15-21-9-4-8-20(21)14-23(22)24)27-11-5-10-26(12-13-27)17-19-6-2-1-3-7-19/h1-3,6-7,14-15,18H,4-5,8-13,16-17H2. The predicted octanol–water partition coefficient (Wildman–Crippen LogP) is 4.20. The van der Waals surface area contributed by atoms with Crippen LogP contribution in [0.5, 0.6) is 0 Å². The SMILES string of the molecule is O=C(Cc1coc2cc3c(cc12)CCC3)N1CCCN(Cc2ccccc2)CC1. The van der Waals surface area contributed by atoms with Crippen LogP contribution in [0.25, 0.3) is 11.0 Å². The van der Waals surface area contributed by atoms with E-state index >= 15 is 0 Å². The molecule has 29 heavy (non-hydrogen) atoms. The molecule has 0 atom stereocenters. The van der Waals surface area contributed by atoms with Crippen molar-refractivity contribution in [3.63, 3.8) is 0 Å². The second kappa shape index (κ2) is 8.03. The summed E-state index contributed by atoms with van der Waals surface area (Å²) in [6.45, 7) is 4.58. The Morgan fingerprint density at radius 3 is 2.62 bits per heavy atom. The molecule has 1 fully saturated rings. The van der Waals surface area contributed by atoms with E-state index in [-0.39, 0.29) is 5.91 Å². The molecular formula is C25H28N2O2. The monoisotopic (exact) mass is 388 g/mol. The van der Waals surface area contributed by atoms with Crippen LogP contribution < -0.4 is 0 Å². The number of nitrogens with zero attached hydrogens (tertiary/aromatic N) is 2. The molecule has 2 heterocycles. The Bertz CT molecular complexity index is 1010. The van der Waals surface area contributed by atoms with E-state index in [4.69, 9.17) is 4.42 Å². The number of carbonyl (C=O) groups excluding carboxylic acids is 1. The molecule has 4 heteroatoms. The zero-order chi connectivity index (χ0) is 19.6. The maximum atomic E-state index is 13.0. The third kappa shape index (κ3) is 3.95. The van der Waals surface area contributed by atoms with E-state index in [1.807, 2.05) is 4.90 Å². The molecule has 1 amide bonds. The minimum Gasteiger partial charge on any atom is -0.464 e. The highest BCUT2D eigenvalue weighted by Gasteiger charge is 2.22. The zero-order valence-electron chi connectivity index (χ0n) is 16.9. The molecule has 1 aliphatic carbocycles. The molecule has 0 unspecified atom stereocenters. The highest BCUT2D eigenvalue weighted by molar-refractivity contribution is 5.88. The topological polar surface area (TPSA) is 36.7 Å². The average Bonchev–Trinajstić information content (AvgIpc) is 3.28. The molecule has 0 bridgehead atoms. The van der Waals surface area contributed by atoms with Crippen LogP contribution in [0, 0.1) is 0 Å². The molecule has 2 aliphatic rings. The summed E-state index contributed by atoms with van der Waals surface area (Å²) < 4.78 is 5.79.